The van der Waals surface area contributed by atoms with Crippen LogP contribution in [0.3, 0.4) is 0 Å². The van der Waals surface area contributed by atoms with Gasteiger partial charge in [0.2, 0.25) is 0 Å². The average Bonchev–Trinajstić information content (AvgIpc) is 3.38. The van der Waals surface area contributed by atoms with E-state index in [1.54, 1.807) is 17.8 Å². The second-order valence-electron chi connectivity index (χ2n) is 11.4. The van der Waals surface area contributed by atoms with Crippen LogP contribution in [-0.4, -0.2) is 59.2 Å². The highest BCUT2D eigenvalue weighted by Crippen LogP contribution is 2.51. The quantitative estimate of drug-likeness (QED) is 0.208. The minimum absolute atomic E-state index is 0.0970. The second-order valence-corrected chi connectivity index (χ2v) is 14.0. The van der Waals surface area contributed by atoms with Crippen LogP contribution in [0.5, 0.6) is 0 Å². The number of thioether (sulfide) groups is 1. The minimum atomic E-state index is -4.07. The number of anilines is 2. The van der Waals surface area contributed by atoms with Gasteiger partial charge in [0, 0.05) is 40.4 Å². The molecule has 0 saturated carbocycles. The molecule has 0 radical (unpaired) electrons. The third kappa shape index (κ3) is 5.70. The van der Waals surface area contributed by atoms with Crippen molar-refractivity contribution in [3.8, 4) is 0 Å². The first-order valence-corrected chi connectivity index (χ1v) is 16.4. The van der Waals surface area contributed by atoms with Crippen LogP contribution >= 0.6 is 11.8 Å². The number of aliphatic hydroxyl groups excluding tert-OH is 2. The van der Waals surface area contributed by atoms with Crippen molar-refractivity contribution in [2.45, 2.75) is 56.4 Å². The van der Waals surface area contributed by atoms with Gasteiger partial charge in [-0.1, -0.05) is 49.9 Å². The number of allylic oxidation sites excluding steroid dienone is 1. The molecule has 0 saturated heterocycles. The molecule has 224 valence electrons. The zero-order chi connectivity index (χ0) is 30.4. The van der Waals surface area contributed by atoms with E-state index in [2.05, 4.69) is 24.0 Å². The van der Waals surface area contributed by atoms with E-state index in [1.165, 1.54) is 0 Å². The van der Waals surface area contributed by atoms with Crippen molar-refractivity contribution in [2.75, 3.05) is 28.6 Å². The molecule has 4 N–H and O–H groups in total. The lowest BCUT2D eigenvalue weighted by molar-refractivity contribution is -0.136. The van der Waals surface area contributed by atoms with Gasteiger partial charge in [0.15, 0.2) is 0 Å². The molecule has 42 heavy (non-hydrogen) atoms. The first kappa shape index (κ1) is 30.2. The number of carbonyl (C=O) groups is 1. The Morgan fingerprint density at radius 3 is 2.50 bits per heavy atom. The Morgan fingerprint density at radius 1 is 1.10 bits per heavy atom. The molecule has 0 bridgehead atoms. The standard InChI is InChI=1S/C31H36N2O7S2/c1-4-32-24-9-5-6-10-25(24)41-27(32)18-21-29(36)20(30(21)37)17-26-31(2,3)22-15-19(16-28(34)35)11-12-23(22)33(26)13-7-8-14-42(38,39)40/h5-6,9-12,15,17-18,21,29,36-37H,4,7-8,13-14,16H2,1-3H3,(H,34,35)(H,38,39,40). The fourth-order valence-corrected chi connectivity index (χ4v) is 7.76. The summed E-state index contributed by atoms with van der Waals surface area (Å²) in [6.45, 7) is 7.27. The van der Waals surface area contributed by atoms with Crippen molar-refractivity contribution >= 4 is 39.2 Å². The molecule has 3 aliphatic rings. The van der Waals surface area contributed by atoms with Crippen molar-refractivity contribution in [3.63, 3.8) is 0 Å². The number of para-hydroxylation sites is 1. The van der Waals surface area contributed by atoms with E-state index in [0.717, 1.165) is 39.1 Å². The number of nitrogens with zero attached hydrogens (tertiary/aromatic N) is 2. The van der Waals surface area contributed by atoms with E-state index in [-0.39, 0.29) is 24.4 Å². The zero-order valence-electron chi connectivity index (χ0n) is 23.8. The zero-order valence-corrected chi connectivity index (χ0v) is 25.5. The highest BCUT2D eigenvalue weighted by molar-refractivity contribution is 8.03. The normalized spacial score (nSPS) is 23.0. The van der Waals surface area contributed by atoms with Gasteiger partial charge in [-0.15, -0.1) is 0 Å². The summed E-state index contributed by atoms with van der Waals surface area (Å²) in [5.41, 5.74) is 4.17. The third-order valence-electron chi connectivity index (χ3n) is 8.18. The monoisotopic (exact) mass is 612 g/mol. The van der Waals surface area contributed by atoms with Crippen LogP contribution in [0.1, 0.15) is 44.7 Å². The van der Waals surface area contributed by atoms with E-state index in [1.807, 2.05) is 55.2 Å². The third-order valence-corrected chi connectivity index (χ3v) is 10.1. The maximum absolute atomic E-state index is 11.4. The molecule has 2 aliphatic heterocycles. The number of carboxylic acid groups (broad SMARTS) is 1. The average molecular weight is 613 g/mol. The van der Waals surface area contributed by atoms with E-state index < -0.39 is 33.5 Å². The molecular formula is C31H36N2O7S2. The molecule has 0 aromatic heterocycles. The van der Waals surface area contributed by atoms with Crippen LogP contribution in [0.25, 0.3) is 0 Å². The predicted octanol–water partition coefficient (Wildman–Crippen LogP) is 5.24. The fraction of sp³-hybridized carbons (Fsp3) is 0.387. The second kappa shape index (κ2) is 11.4. The molecule has 11 heteroatoms. The minimum Gasteiger partial charge on any atom is -0.511 e. The van der Waals surface area contributed by atoms with Gasteiger partial charge in [-0.05, 0) is 61.2 Å². The van der Waals surface area contributed by atoms with Crippen molar-refractivity contribution in [1.82, 2.24) is 0 Å². The van der Waals surface area contributed by atoms with Crippen LogP contribution in [0.4, 0.5) is 11.4 Å². The number of carboxylic acids is 1. The van der Waals surface area contributed by atoms with E-state index in [9.17, 15) is 28.5 Å². The molecule has 2 atom stereocenters. The Kier molecular flexibility index (Phi) is 8.23. The molecule has 0 fully saturated rings. The summed E-state index contributed by atoms with van der Waals surface area (Å²) in [6.07, 6.45) is 3.41. The van der Waals surface area contributed by atoms with Crippen LogP contribution in [-0.2, 0) is 26.7 Å². The SMILES string of the molecule is CCN1C(=CC2C(O)=C(C=C3N(CCCCS(=O)(=O)O)c4ccc(CC(=O)O)cc4C3(C)C)C2O)Sc2ccccc21. The summed E-state index contributed by atoms with van der Waals surface area (Å²) in [7, 11) is -4.07. The fourth-order valence-electron chi connectivity index (χ4n) is 5.99. The van der Waals surface area contributed by atoms with E-state index >= 15 is 0 Å². The number of aliphatic carboxylic acids is 1. The summed E-state index contributed by atoms with van der Waals surface area (Å²) in [6, 6.07) is 13.6. The van der Waals surface area contributed by atoms with Gasteiger partial charge in [-0.25, -0.2) is 0 Å². The van der Waals surface area contributed by atoms with Crippen molar-refractivity contribution in [1.29, 1.82) is 0 Å². The van der Waals surface area contributed by atoms with Crippen LogP contribution < -0.4 is 9.80 Å². The lowest BCUT2D eigenvalue weighted by Gasteiger charge is -2.35. The molecule has 0 amide bonds. The van der Waals surface area contributed by atoms with Gasteiger partial charge >= 0.3 is 5.97 Å². The summed E-state index contributed by atoms with van der Waals surface area (Å²) >= 11 is 1.61. The summed E-state index contributed by atoms with van der Waals surface area (Å²) in [4.78, 5) is 16.7. The van der Waals surface area contributed by atoms with Crippen LogP contribution in [0.2, 0.25) is 0 Å². The largest absolute Gasteiger partial charge is 0.511 e. The van der Waals surface area contributed by atoms with E-state index in [0.29, 0.717) is 24.1 Å². The smallest absolute Gasteiger partial charge is 0.307 e. The topological polar surface area (TPSA) is 139 Å². The number of hydrogen-bond acceptors (Lipinski definition) is 8. The maximum atomic E-state index is 11.4. The molecule has 2 aromatic rings. The Bertz CT molecular complexity index is 1610. The van der Waals surface area contributed by atoms with Gasteiger partial charge in [-0.3, -0.25) is 9.35 Å². The molecule has 0 spiro atoms. The Labute approximate surface area is 250 Å². The first-order chi connectivity index (χ1) is 19.8. The highest BCUT2D eigenvalue weighted by Gasteiger charge is 2.44. The molecule has 9 nitrogen and oxygen atoms in total. The van der Waals surface area contributed by atoms with E-state index in [4.69, 9.17) is 4.55 Å². The molecule has 2 heterocycles. The maximum Gasteiger partial charge on any atom is 0.307 e. The lowest BCUT2D eigenvalue weighted by atomic mass is 9.77. The van der Waals surface area contributed by atoms with Gasteiger partial charge in [0.25, 0.3) is 10.1 Å². The van der Waals surface area contributed by atoms with Crippen LogP contribution in [0, 0.1) is 5.92 Å². The number of rotatable bonds is 10. The summed E-state index contributed by atoms with van der Waals surface area (Å²) < 4.78 is 31.7. The number of hydrogen-bond donors (Lipinski definition) is 4. The molecule has 2 aromatic carbocycles. The molecule has 1 aliphatic carbocycles. The predicted molar refractivity (Wildman–Crippen MR) is 164 cm³/mol. The first-order valence-electron chi connectivity index (χ1n) is 14.0. The van der Waals surface area contributed by atoms with Crippen molar-refractivity contribution < 1.29 is 33.1 Å². The number of fused-ring (bicyclic) bond motifs is 2. The Morgan fingerprint density at radius 2 is 1.83 bits per heavy atom. The van der Waals surface area contributed by atoms with Crippen molar-refractivity contribution in [2.24, 2.45) is 5.92 Å². The van der Waals surface area contributed by atoms with Gasteiger partial charge in [0.05, 0.1) is 34.9 Å². The molecule has 2 unspecified atom stereocenters. The number of unbranched alkanes of at least 4 members (excludes halogenated alkanes) is 1. The lowest BCUT2D eigenvalue weighted by Crippen LogP contribution is -2.36. The Hall–Kier alpha value is -3.25. The highest BCUT2D eigenvalue weighted by atomic mass is 32.2. The van der Waals surface area contributed by atoms with Gasteiger partial charge in [-0.2, -0.15) is 8.42 Å². The van der Waals surface area contributed by atoms with Crippen molar-refractivity contribution in [3.05, 3.63) is 87.8 Å². The number of benzene rings is 2. The Balaban J connectivity index is 1.47. The summed E-state index contributed by atoms with van der Waals surface area (Å²) in [5.74, 6) is -1.73. The van der Waals surface area contributed by atoms with Gasteiger partial charge in [0.1, 0.15) is 5.76 Å². The summed E-state index contributed by atoms with van der Waals surface area (Å²) in [5, 5.41) is 32.7. The molecular weight excluding hydrogens is 576 g/mol. The van der Waals surface area contributed by atoms with Crippen LogP contribution in [0.15, 0.2) is 81.6 Å². The number of aliphatic hydroxyl groups is 2. The molecule has 5 rings (SSSR count). The van der Waals surface area contributed by atoms with Gasteiger partial charge < -0.3 is 25.1 Å².